The second-order valence-electron chi connectivity index (χ2n) is 16.0. The number of carbonyl (C=O) groups is 4. The van der Waals surface area contributed by atoms with Gasteiger partial charge >= 0.3 is 0 Å². The number of imidazole rings is 1. The van der Waals surface area contributed by atoms with E-state index in [4.69, 9.17) is 16.3 Å². The van der Waals surface area contributed by atoms with E-state index in [0.29, 0.717) is 29.1 Å². The Morgan fingerprint density at radius 2 is 1.73 bits per heavy atom. The number of rotatable bonds is 12. The first-order valence-corrected chi connectivity index (χ1v) is 17.8. The van der Waals surface area contributed by atoms with Crippen LogP contribution in [0.3, 0.4) is 0 Å². The zero-order valence-electron chi connectivity index (χ0n) is 29.8. The molecular weight excluding hydrogens is 642 g/mol. The summed E-state index contributed by atoms with van der Waals surface area (Å²) in [6, 6.07) is 10.1. The molecular formula is C38H50ClN5O5. The molecule has 2 amide bonds. The number of pyridine rings is 1. The highest BCUT2D eigenvalue weighted by Crippen LogP contribution is 2.37. The Morgan fingerprint density at radius 3 is 2.33 bits per heavy atom. The molecule has 3 aromatic rings. The number of Topliss-reactive ketones (excluding diaryl/α,β-unsaturated/α-hetero) is 2. The Kier molecular flexibility index (Phi) is 10.9. The highest BCUT2D eigenvalue weighted by molar-refractivity contribution is 6.30. The molecule has 1 aliphatic carbocycles. The van der Waals surface area contributed by atoms with Gasteiger partial charge in [-0.15, -0.1) is 0 Å². The average molecular weight is 692 g/mol. The van der Waals surface area contributed by atoms with Gasteiger partial charge in [0.25, 0.3) is 0 Å². The predicted octanol–water partition coefficient (Wildman–Crippen LogP) is 6.59. The van der Waals surface area contributed by atoms with Crippen molar-refractivity contribution >= 4 is 46.0 Å². The Morgan fingerprint density at radius 1 is 1.02 bits per heavy atom. The van der Waals surface area contributed by atoms with Gasteiger partial charge in [0.1, 0.15) is 6.10 Å². The maximum Gasteiger partial charge on any atom is 0.227 e. The van der Waals surface area contributed by atoms with Crippen molar-refractivity contribution in [3.63, 3.8) is 0 Å². The smallest absolute Gasteiger partial charge is 0.227 e. The normalized spacial score (nSPS) is 19.7. The van der Waals surface area contributed by atoms with E-state index in [2.05, 4.69) is 15.3 Å². The number of amides is 2. The van der Waals surface area contributed by atoms with E-state index in [9.17, 15) is 19.2 Å². The summed E-state index contributed by atoms with van der Waals surface area (Å²) in [5.41, 5.74) is 0.556. The summed E-state index contributed by atoms with van der Waals surface area (Å²) in [4.78, 5) is 66.7. The summed E-state index contributed by atoms with van der Waals surface area (Å²) in [5.74, 6) is -1.05. The number of halogens is 1. The Hall–Kier alpha value is -3.79. The second kappa shape index (κ2) is 14.6. The lowest BCUT2D eigenvalue weighted by molar-refractivity contribution is -0.146. The zero-order chi connectivity index (χ0) is 35.7. The van der Waals surface area contributed by atoms with Crippen LogP contribution in [0, 0.1) is 23.2 Å². The van der Waals surface area contributed by atoms with Crippen molar-refractivity contribution in [1.82, 2.24) is 24.8 Å². The molecule has 1 saturated heterocycles. The van der Waals surface area contributed by atoms with Crippen LogP contribution in [0.2, 0.25) is 5.02 Å². The largest absolute Gasteiger partial charge is 0.472 e. The van der Waals surface area contributed by atoms with Crippen molar-refractivity contribution in [3.8, 4) is 5.88 Å². The van der Waals surface area contributed by atoms with Crippen molar-refractivity contribution in [2.75, 3.05) is 6.54 Å². The van der Waals surface area contributed by atoms with Crippen LogP contribution in [-0.2, 0) is 21.4 Å². The van der Waals surface area contributed by atoms with Gasteiger partial charge in [0.2, 0.25) is 23.5 Å². The van der Waals surface area contributed by atoms with E-state index in [1.54, 1.807) is 21.6 Å². The van der Waals surface area contributed by atoms with E-state index >= 15 is 0 Å². The first kappa shape index (κ1) is 36.5. The quantitative estimate of drug-likeness (QED) is 0.213. The van der Waals surface area contributed by atoms with Gasteiger partial charge in [-0.25, -0.2) is 9.97 Å². The maximum absolute atomic E-state index is 14.5. The third-order valence-electron chi connectivity index (χ3n) is 9.82. The van der Waals surface area contributed by atoms with E-state index in [0.717, 1.165) is 30.3 Å². The summed E-state index contributed by atoms with van der Waals surface area (Å²) in [6.45, 7) is 11.6. The predicted molar refractivity (Wildman–Crippen MR) is 189 cm³/mol. The highest BCUT2D eigenvalue weighted by Gasteiger charge is 2.46. The van der Waals surface area contributed by atoms with Gasteiger partial charge in [0.05, 0.1) is 34.6 Å². The van der Waals surface area contributed by atoms with E-state index in [1.807, 2.05) is 72.9 Å². The van der Waals surface area contributed by atoms with Crippen molar-refractivity contribution in [2.45, 2.75) is 104 Å². The van der Waals surface area contributed by atoms with Crippen LogP contribution in [0.25, 0.3) is 11.0 Å². The molecule has 49 heavy (non-hydrogen) atoms. The Bertz CT molecular complexity index is 1680. The van der Waals surface area contributed by atoms with Crippen LogP contribution < -0.4 is 10.1 Å². The molecule has 1 saturated carbocycles. The third-order valence-corrected chi connectivity index (χ3v) is 10.0. The summed E-state index contributed by atoms with van der Waals surface area (Å²) < 4.78 is 8.00. The molecule has 2 aliphatic rings. The molecule has 1 aromatic carbocycles. The number of aryl methyl sites for hydroxylation is 1. The standard InChI is InChI=1S/C38H50ClN5O5/c1-37(2,3)27(20-32(46)42-38(4,5)6)36(48)44-22-26(49-33-16-15-25(39)21-40-33)19-30(44)31(45)18-24(17-23-11-10-12-23)34(47)35-41-28-13-8-9-14-29(28)43(35)7/h8-9,13-16,21,23-24,26-27,30H,10-12,17-20,22H2,1-7H3,(H,42,46)/t24?,26-,27-,30+/m1/s1. The number of fused-ring (bicyclic) bond motifs is 1. The molecule has 2 aromatic heterocycles. The van der Waals surface area contributed by atoms with E-state index in [1.165, 1.54) is 6.20 Å². The summed E-state index contributed by atoms with van der Waals surface area (Å²) >= 11 is 6.04. The fourth-order valence-electron chi connectivity index (χ4n) is 6.99. The molecule has 10 nitrogen and oxygen atoms in total. The molecule has 11 heteroatoms. The van der Waals surface area contributed by atoms with Crippen molar-refractivity contribution in [1.29, 1.82) is 0 Å². The fraction of sp³-hybridized carbons (Fsp3) is 0.579. The van der Waals surface area contributed by atoms with Gasteiger partial charge in [-0.1, -0.05) is 63.8 Å². The van der Waals surface area contributed by atoms with Gasteiger partial charge in [-0.3, -0.25) is 19.2 Å². The number of ketones is 2. The summed E-state index contributed by atoms with van der Waals surface area (Å²) in [5, 5.41) is 3.44. The van der Waals surface area contributed by atoms with Crippen molar-refractivity contribution in [2.24, 2.45) is 30.2 Å². The van der Waals surface area contributed by atoms with Crippen molar-refractivity contribution < 1.29 is 23.9 Å². The number of likely N-dealkylation sites (tertiary alicyclic amines) is 1. The number of nitrogens with zero attached hydrogens (tertiary/aromatic N) is 4. The minimum Gasteiger partial charge on any atom is -0.472 e. The molecule has 4 atom stereocenters. The third kappa shape index (κ3) is 8.87. The molecule has 5 rings (SSSR count). The van der Waals surface area contributed by atoms with Gasteiger partial charge < -0.3 is 19.5 Å². The molecule has 3 heterocycles. The summed E-state index contributed by atoms with van der Waals surface area (Å²) in [6.07, 6.45) is 4.96. The Balaban J connectivity index is 1.43. The molecule has 1 aliphatic heterocycles. The molecule has 2 fully saturated rings. The minimum atomic E-state index is -0.822. The summed E-state index contributed by atoms with van der Waals surface area (Å²) in [7, 11) is 1.83. The number of ether oxygens (including phenoxy) is 1. The average Bonchev–Trinajstić information content (AvgIpc) is 3.57. The topological polar surface area (TPSA) is 123 Å². The van der Waals surface area contributed by atoms with Crippen LogP contribution in [0.5, 0.6) is 5.88 Å². The first-order valence-electron chi connectivity index (χ1n) is 17.4. The maximum atomic E-state index is 14.5. The molecule has 0 bridgehead atoms. The molecule has 0 spiro atoms. The zero-order valence-corrected chi connectivity index (χ0v) is 30.5. The first-order chi connectivity index (χ1) is 23.0. The Labute approximate surface area is 294 Å². The van der Waals surface area contributed by atoms with Gasteiger partial charge in [-0.05, 0) is 56.7 Å². The fourth-order valence-corrected chi connectivity index (χ4v) is 7.11. The van der Waals surface area contributed by atoms with E-state index < -0.39 is 34.9 Å². The monoisotopic (exact) mass is 691 g/mol. The molecule has 1 unspecified atom stereocenters. The van der Waals surface area contributed by atoms with Crippen LogP contribution in [-0.4, -0.2) is 67.0 Å². The highest BCUT2D eigenvalue weighted by atomic mass is 35.5. The number of carbonyl (C=O) groups excluding carboxylic acids is 4. The van der Waals surface area contributed by atoms with Gasteiger partial charge in [0.15, 0.2) is 11.6 Å². The second-order valence-corrected chi connectivity index (χ2v) is 16.4. The van der Waals surface area contributed by atoms with Gasteiger partial charge in [-0.2, -0.15) is 0 Å². The van der Waals surface area contributed by atoms with Crippen LogP contribution >= 0.6 is 11.6 Å². The minimum absolute atomic E-state index is 0.0103. The van der Waals surface area contributed by atoms with Gasteiger partial charge in [0, 0.05) is 50.0 Å². The van der Waals surface area contributed by atoms with Crippen LogP contribution in [0.4, 0.5) is 0 Å². The van der Waals surface area contributed by atoms with Crippen molar-refractivity contribution in [3.05, 3.63) is 53.4 Å². The lowest BCUT2D eigenvalue weighted by Crippen LogP contribution is -2.49. The number of benzene rings is 1. The molecule has 0 radical (unpaired) electrons. The number of hydrogen-bond acceptors (Lipinski definition) is 7. The number of para-hydroxylation sites is 2. The van der Waals surface area contributed by atoms with Crippen LogP contribution in [0.15, 0.2) is 42.6 Å². The lowest BCUT2D eigenvalue weighted by Gasteiger charge is -2.35. The lowest BCUT2D eigenvalue weighted by atomic mass is 9.76. The number of aromatic nitrogens is 3. The molecule has 264 valence electrons. The number of nitrogens with one attached hydrogen (secondary N) is 1. The SMILES string of the molecule is Cn1c(C(=O)C(CC(=O)[C@@H]2C[C@@H](Oc3ccc(Cl)cn3)CN2C(=O)[C@@H](CC(=O)NC(C)(C)C)C(C)(C)C)CC2CCC2)nc2ccccc21. The number of hydrogen-bond donors (Lipinski definition) is 1. The van der Waals surface area contributed by atoms with E-state index in [-0.39, 0.29) is 49.2 Å². The molecule has 1 N–H and O–H groups in total. The van der Waals surface area contributed by atoms with Crippen LogP contribution in [0.1, 0.15) is 97.1 Å².